The van der Waals surface area contributed by atoms with E-state index >= 15 is 0 Å². The smallest absolute Gasteiger partial charge is 0.467 e. The molecule has 2 aromatic rings. The topological polar surface area (TPSA) is 106 Å². The summed E-state index contributed by atoms with van der Waals surface area (Å²) >= 11 is 0. The van der Waals surface area contributed by atoms with Gasteiger partial charge in [-0.05, 0) is 36.8 Å². The van der Waals surface area contributed by atoms with Gasteiger partial charge in [-0.2, -0.15) is 14.3 Å². The molecule has 0 bridgehead atoms. The van der Waals surface area contributed by atoms with Gasteiger partial charge in [-0.1, -0.05) is 36.4 Å². The van der Waals surface area contributed by atoms with Crippen molar-refractivity contribution in [1.82, 2.24) is 15.1 Å². The number of para-hydroxylation sites is 1. The van der Waals surface area contributed by atoms with Gasteiger partial charge in [0.2, 0.25) is 5.91 Å². The largest absolute Gasteiger partial charge is 0.501 e. The molecule has 1 aromatic heterocycles. The van der Waals surface area contributed by atoms with Crippen molar-refractivity contribution in [1.29, 1.82) is 0 Å². The standard InChI is InChI=1S/C29H31N5O5/c35-26(30-20-23-10-7-19-39-23)13-6-14-33-28(37)24-11-4-5-12-25(24)34(29(33)38)21-27(36)32-17-15-31(16-18-32)22-8-2-1-3-9-22/h1-5,7-12,19,24H,6,13-18,20-21H2/p+1. The lowest BCUT2D eigenvalue weighted by Crippen LogP contribution is -2.57. The number of hydrogen-bond acceptors (Lipinski definition) is 6. The van der Waals surface area contributed by atoms with Crippen molar-refractivity contribution in [2.24, 2.45) is 5.92 Å². The Morgan fingerprint density at radius 3 is 2.54 bits per heavy atom. The van der Waals surface area contributed by atoms with Gasteiger partial charge in [0.15, 0.2) is 6.54 Å². The number of nitrogens with zero attached hydrogens (tertiary/aromatic N) is 4. The molecule has 1 unspecified atom stereocenters. The average molecular weight is 531 g/mol. The predicted octanol–water partition coefficient (Wildman–Crippen LogP) is 2.18. The van der Waals surface area contributed by atoms with Crippen LogP contribution in [0.2, 0.25) is 0 Å². The second kappa shape index (κ2) is 11.9. The number of piperazine rings is 1. The minimum absolute atomic E-state index is 0.0909. The van der Waals surface area contributed by atoms with Gasteiger partial charge in [-0.3, -0.25) is 9.59 Å². The highest BCUT2D eigenvalue weighted by Crippen LogP contribution is 2.21. The third-order valence-corrected chi connectivity index (χ3v) is 7.18. The highest BCUT2D eigenvalue weighted by molar-refractivity contribution is 6.16. The Balaban J connectivity index is 1.20. The van der Waals surface area contributed by atoms with E-state index in [4.69, 9.17) is 4.42 Å². The highest BCUT2D eigenvalue weighted by atomic mass is 16.3. The molecule has 1 atom stereocenters. The van der Waals surface area contributed by atoms with Crippen LogP contribution < -0.4 is 10.2 Å². The molecule has 1 aliphatic carbocycles. The Kier molecular flexibility index (Phi) is 8.00. The molecular formula is C29H32N5O5+. The van der Waals surface area contributed by atoms with Crippen LogP contribution in [-0.2, 0) is 20.9 Å². The van der Waals surface area contributed by atoms with E-state index in [1.807, 2.05) is 18.2 Å². The van der Waals surface area contributed by atoms with Gasteiger partial charge in [0, 0.05) is 38.3 Å². The summed E-state index contributed by atoms with van der Waals surface area (Å²) < 4.78 is 6.62. The van der Waals surface area contributed by atoms with Gasteiger partial charge in [-0.15, -0.1) is 0 Å². The van der Waals surface area contributed by atoms with Gasteiger partial charge in [0.25, 0.3) is 5.91 Å². The van der Waals surface area contributed by atoms with Gasteiger partial charge < -0.3 is 19.5 Å². The van der Waals surface area contributed by atoms with E-state index in [0.29, 0.717) is 44.1 Å². The van der Waals surface area contributed by atoms with Crippen LogP contribution in [0.4, 0.5) is 10.5 Å². The summed E-state index contributed by atoms with van der Waals surface area (Å²) in [6.07, 6.45) is 9.00. The van der Waals surface area contributed by atoms with E-state index in [0.717, 1.165) is 10.6 Å². The van der Waals surface area contributed by atoms with E-state index in [1.54, 1.807) is 41.3 Å². The zero-order valence-electron chi connectivity index (χ0n) is 21.7. The van der Waals surface area contributed by atoms with Crippen molar-refractivity contribution < 1.29 is 28.2 Å². The van der Waals surface area contributed by atoms with Crippen LogP contribution >= 0.6 is 0 Å². The predicted molar refractivity (Wildman–Crippen MR) is 144 cm³/mol. The number of rotatable bonds is 9. The first-order valence-corrected chi connectivity index (χ1v) is 13.2. The molecule has 0 radical (unpaired) electrons. The monoisotopic (exact) mass is 530 g/mol. The molecule has 5 rings (SSSR count). The number of amides is 5. The van der Waals surface area contributed by atoms with Gasteiger partial charge in [0.1, 0.15) is 17.4 Å². The number of benzene rings is 1. The first kappa shape index (κ1) is 26.1. The lowest BCUT2D eigenvalue weighted by molar-refractivity contribution is -0.429. The number of imide groups is 1. The van der Waals surface area contributed by atoms with Crippen LogP contribution in [0, 0.1) is 5.92 Å². The van der Waals surface area contributed by atoms with Crippen LogP contribution in [0.3, 0.4) is 0 Å². The van der Waals surface area contributed by atoms with E-state index in [9.17, 15) is 19.2 Å². The number of urea groups is 1. The molecule has 1 saturated heterocycles. The summed E-state index contributed by atoms with van der Waals surface area (Å²) in [7, 11) is 0. The van der Waals surface area contributed by atoms with Crippen LogP contribution in [-0.4, -0.2) is 83.1 Å². The van der Waals surface area contributed by atoms with E-state index < -0.39 is 11.9 Å². The first-order valence-electron chi connectivity index (χ1n) is 13.2. The fourth-order valence-electron chi connectivity index (χ4n) is 5.05. The quantitative estimate of drug-likeness (QED) is 0.499. The van der Waals surface area contributed by atoms with Crippen LogP contribution in [0.15, 0.2) is 77.4 Å². The molecule has 2 aliphatic heterocycles. The molecule has 10 nitrogen and oxygen atoms in total. The number of nitrogens with one attached hydrogen (secondary N) is 1. The van der Waals surface area contributed by atoms with Crippen molar-refractivity contribution in [3.8, 4) is 0 Å². The number of fused-ring (bicyclic) bond motifs is 1. The Morgan fingerprint density at radius 1 is 1.00 bits per heavy atom. The summed E-state index contributed by atoms with van der Waals surface area (Å²) in [5.74, 6) is -0.684. The Bertz CT molecular complexity index is 1310. The van der Waals surface area contributed by atoms with Crippen LogP contribution in [0.5, 0.6) is 0 Å². The minimum Gasteiger partial charge on any atom is -0.467 e. The molecule has 0 spiro atoms. The second-order valence-corrected chi connectivity index (χ2v) is 9.67. The third kappa shape index (κ3) is 6.00. The maximum absolute atomic E-state index is 13.5. The number of carbonyl (C=O) groups is 4. The number of anilines is 1. The molecule has 39 heavy (non-hydrogen) atoms. The zero-order chi connectivity index (χ0) is 27.2. The maximum atomic E-state index is 13.5. The number of carbonyl (C=O) groups excluding carboxylic acids is 4. The van der Waals surface area contributed by atoms with Crippen LogP contribution in [0.1, 0.15) is 18.6 Å². The fraction of sp³-hybridized carbons (Fsp3) is 0.345. The molecule has 3 aliphatic rings. The van der Waals surface area contributed by atoms with Crippen molar-refractivity contribution in [3.05, 3.63) is 78.8 Å². The third-order valence-electron chi connectivity index (χ3n) is 7.18. The molecule has 10 heteroatoms. The van der Waals surface area contributed by atoms with Gasteiger partial charge in [0.05, 0.1) is 19.4 Å². The van der Waals surface area contributed by atoms with Crippen molar-refractivity contribution in [2.45, 2.75) is 19.4 Å². The minimum atomic E-state index is -0.636. The van der Waals surface area contributed by atoms with E-state index in [-0.39, 0.29) is 43.8 Å². The number of furan rings is 1. The molecule has 1 N–H and O–H groups in total. The summed E-state index contributed by atoms with van der Waals surface area (Å²) in [5, 5.41) is 2.77. The molecule has 5 amide bonds. The molecular weight excluding hydrogens is 498 g/mol. The van der Waals surface area contributed by atoms with Gasteiger partial charge >= 0.3 is 11.9 Å². The SMILES string of the molecule is O=C(CCCN1C(=O)C2C=CC=CC2=[N+](CC(=O)N2CCN(c3ccccc3)CC2)C1=O)NCc1ccco1. The zero-order valence-corrected chi connectivity index (χ0v) is 21.7. The molecule has 1 fully saturated rings. The first-order chi connectivity index (χ1) is 19.0. The van der Waals surface area contributed by atoms with E-state index in [2.05, 4.69) is 22.3 Å². The number of hydrogen-bond donors (Lipinski definition) is 1. The average Bonchev–Trinajstić information content (AvgIpc) is 3.50. The second-order valence-electron chi connectivity index (χ2n) is 9.67. The molecule has 1 aromatic carbocycles. The molecule has 0 saturated carbocycles. The molecule has 202 valence electrons. The lowest BCUT2D eigenvalue weighted by Gasteiger charge is -2.36. The Labute approximate surface area is 226 Å². The van der Waals surface area contributed by atoms with Crippen molar-refractivity contribution >= 4 is 35.2 Å². The highest BCUT2D eigenvalue weighted by Gasteiger charge is 2.47. The summed E-state index contributed by atoms with van der Waals surface area (Å²) in [4.78, 5) is 57.4. The summed E-state index contributed by atoms with van der Waals surface area (Å²) in [6.45, 7) is 2.76. The fourth-order valence-corrected chi connectivity index (χ4v) is 5.05. The van der Waals surface area contributed by atoms with E-state index in [1.165, 1.54) is 10.8 Å². The summed E-state index contributed by atoms with van der Waals surface area (Å²) in [6, 6.07) is 13.1. The van der Waals surface area contributed by atoms with Gasteiger partial charge in [-0.25, -0.2) is 4.79 Å². The van der Waals surface area contributed by atoms with Crippen LogP contribution in [0.25, 0.3) is 0 Å². The maximum Gasteiger partial charge on any atom is 0.501 e. The Morgan fingerprint density at radius 2 is 1.79 bits per heavy atom. The summed E-state index contributed by atoms with van der Waals surface area (Å²) in [5.41, 5.74) is 1.63. The molecule has 3 heterocycles. The lowest BCUT2D eigenvalue weighted by atomic mass is 9.94. The number of allylic oxidation sites excluding steroid dienone is 3. The Hall–Kier alpha value is -4.47. The normalized spacial score (nSPS) is 19.0. The van der Waals surface area contributed by atoms with Crippen molar-refractivity contribution in [3.63, 3.8) is 0 Å². The van der Waals surface area contributed by atoms with Crippen molar-refractivity contribution in [2.75, 3.05) is 44.2 Å².